The molecule has 19 heavy (non-hydrogen) atoms. The highest BCUT2D eigenvalue weighted by Crippen LogP contribution is 2.09. The Balaban J connectivity index is 2.71. The summed E-state index contributed by atoms with van der Waals surface area (Å²) in [6, 6.07) is -0.180. The van der Waals surface area contributed by atoms with Crippen LogP contribution in [0.15, 0.2) is 17.3 Å². The minimum absolute atomic E-state index is 0.0234. The summed E-state index contributed by atoms with van der Waals surface area (Å²) in [5.41, 5.74) is 0. The Hall–Kier alpha value is -1.06. The van der Waals surface area contributed by atoms with Crippen molar-refractivity contribution in [1.82, 2.24) is 14.5 Å². The van der Waals surface area contributed by atoms with Gasteiger partial charge in [0.05, 0.1) is 6.20 Å². The number of carboxylic acids is 1. The number of hydrogen-bond acceptors (Lipinski definition) is 5. The first kappa shape index (κ1) is 16.0. The van der Waals surface area contributed by atoms with Crippen molar-refractivity contribution in [3.8, 4) is 0 Å². The predicted molar refractivity (Wildman–Crippen MR) is 72.6 cm³/mol. The van der Waals surface area contributed by atoms with Crippen LogP contribution in [0, 0.1) is 0 Å². The first-order valence-corrected chi connectivity index (χ1v) is 8.48. The minimum Gasteiger partial charge on any atom is -0.480 e. The number of carboxylic acid groups (broad SMARTS) is 1. The van der Waals surface area contributed by atoms with Gasteiger partial charge in [-0.3, -0.25) is 9.48 Å². The van der Waals surface area contributed by atoms with Crippen LogP contribution in [0.5, 0.6) is 0 Å². The van der Waals surface area contributed by atoms with Crippen LogP contribution in [0.4, 0.5) is 0 Å². The summed E-state index contributed by atoms with van der Waals surface area (Å²) in [6.45, 7) is 1.42. The summed E-state index contributed by atoms with van der Waals surface area (Å²) in [5, 5.41) is 12.3. The van der Waals surface area contributed by atoms with Gasteiger partial charge in [0.15, 0.2) is 0 Å². The van der Waals surface area contributed by atoms with Crippen molar-refractivity contribution in [3.05, 3.63) is 12.4 Å². The predicted octanol–water partition coefficient (Wildman–Crippen LogP) is 0.388. The Morgan fingerprint density at radius 2 is 2.32 bits per heavy atom. The molecule has 1 unspecified atom stereocenters. The van der Waals surface area contributed by atoms with E-state index in [0.717, 1.165) is 23.1 Å². The highest BCUT2D eigenvalue weighted by molar-refractivity contribution is 7.98. The van der Waals surface area contributed by atoms with E-state index in [9.17, 15) is 13.2 Å². The van der Waals surface area contributed by atoms with Gasteiger partial charge in [-0.2, -0.15) is 16.9 Å². The lowest BCUT2D eigenvalue weighted by molar-refractivity contribution is -0.137. The average molecular weight is 307 g/mol. The summed E-state index contributed by atoms with van der Waals surface area (Å²) in [7, 11) is -3.64. The maximum atomic E-state index is 12.0. The highest BCUT2D eigenvalue weighted by Gasteiger charge is 2.19. The second kappa shape index (κ2) is 6.92. The molecule has 0 fully saturated rings. The first-order valence-electron chi connectivity index (χ1n) is 5.60. The van der Waals surface area contributed by atoms with Crippen LogP contribution in [0.2, 0.25) is 0 Å². The third kappa shape index (κ3) is 5.21. The topological polar surface area (TPSA) is 101 Å². The zero-order chi connectivity index (χ0) is 14.5. The van der Waals surface area contributed by atoms with E-state index in [1.54, 1.807) is 18.7 Å². The fourth-order valence-electron chi connectivity index (χ4n) is 1.39. The summed E-state index contributed by atoms with van der Waals surface area (Å²) >= 11 is 1.65. The van der Waals surface area contributed by atoms with Crippen LogP contribution < -0.4 is 4.72 Å². The third-order valence-electron chi connectivity index (χ3n) is 2.33. The number of hydrogen-bond donors (Lipinski definition) is 2. The Morgan fingerprint density at radius 3 is 2.89 bits per heavy atom. The van der Waals surface area contributed by atoms with Crippen LogP contribution in [0.1, 0.15) is 13.3 Å². The van der Waals surface area contributed by atoms with Crippen LogP contribution >= 0.6 is 11.8 Å². The molecule has 1 atom stereocenters. The SMILES string of the molecule is CSCCC(C)NS(=O)(=O)c1cnn(CC(=O)O)c1. The van der Waals surface area contributed by atoms with Gasteiger partial charge in [-0.05, 0) is 25.4 Å². The van der Waals surface area contributed by atoms with Crippen molar-refractivity contribution < 1.29 is 18.3 Å². The number of aromatic nitrogens is 2. The Morgan fingerprint density at radius 1 is 1.63 bits per heavy atom. The molecule has 1 heterocycles. The second-order valence-corrected chi connectivity index (χ2v) is 6.77. The molecule has 0 saturated carbocycles. The third-order valence-corrected chi connectivity index (χ3v) is 4.52. The fraction of sp³-hybridized carbons (Fsp3) is 0.600. The van der Waals surface area contributed by atoms with Crippen LogP contribution in [0.25, 0.3) is 0 Å². The van der Waals surface area contributed by atoms with Crippen LogP contribution in [0.3, 0.4) is 0 Å². The Kier molecular flexibility index (Phi) is 5.83. The lowest BCUT2D eigenvalue weighted by atomic mass is 10.3. The van der Waals surface area contributed by atoms with Gasteiger partial charge in [0, 0.05) is 12.2 Å². The van der Waals surface area contributed by atoms with Crippen LogP contribution in [-0.2, 0) is 21.4 Å². The van der Waals surface area contributed by atoms with Gasteiger partial charge in [0.2, 0.25) is 10.0 Å². The molecular weight excluding hydrogens is 290 g/mol. The molecule has 1 rings (SSSR count). The van der Waals surface area contributed by atoms with E-state index >= 15 is 0 Å². The van der Waals surface area contributed by atoms with Crippen molar-refractivity contribution in [1.29, 1.82) is 0 Å². The quantitative estimate of drug-likeness (QED) is 0.720. The maximum absolute atomic E-state index is 12.0. The van der Waals surface area contributed by atoms with E-state index in [1.165, 1.54) is 6.20 Å². The van der Waals surface area contributed by atoms with Gasteiger partial charge in [-0.15, -0.1) is 0 Å². The second-order valence-electron chi connectivity index (χ2n) is 4.07. The molecule has 0 aliphatic heterocycles. The molecule has 0 aliphatic carbocycles. The van der Waals surface area contributed by atoms with Gasteiger partial charge in [-0.1, -0.05) is 0 Å². The number of rotatable bonds is 8. The molecule has 0 bridgehead atoms. The van der Waals surface area contributed by atoms with E-state index in [0.29, 0.717) is 0 Å². The number of carbonyl (C=O) groups is 1. The molecule has 0 radical (unpaired) electrons. The van der Waals surface area contributed by atoms with Crippen molar-refractivity contribution >= 4 is 27.8 Å². The van der Waals surface area contributed by atoms with Gasteiger partial charge in [0.1, 0.15) is 11.4 Å². The standard InChI is InChI=1S/C10H17N3O4S2/c1-8(3-4-18-2)12-19(16,17)9-5-11-13(6-9)7-10(14)15/h5-6,8,12H,3-4,7H2,1-2H3,(H,14,15). The first-order chi connectivity index (χ1) is 8.85. The van der Waals surface area contributed by atoms with Gasteiger partial charge in [0.25, 0.3) is 0 Å². The summed E-state index contributed by atoms with van der Waals surface area (Å²) in [6.07, 6.45) is 5.03. The maximum Gasteiger partial charge on any atom is 0.325 e. The number of aliphatic carboxylic acids is 1. The van der Waals surface area contributed by atoms with E-state index < -0.39 is 16.0 Å². The molecule has 2 N–H and O–H groups in total. The van der Waals surface area contributed by atoms with Crippen molar-refractivity contribution in [3.63, 3.8) is 0 Å². The van der Waals surface area contributed by atoms with E-state index in [2.05, 4.69) is 9.82 Å². The highest BCUT2D eigenvalue weighted by atomic mass is 32.2. The molecular formula is C10H17N3O4S2. The lowest BCUT2D eigenvalue weighted by Crippen LogP contribution is -2.32. The Bertz CT molecular complexity index is 527. The summed E-state index contributed by atoms with van der Waals surface area (Å²) in [5.74, 6) is -0.213. The summed E-state index contributed by atoms with van der Waals surface area (Å²) in [4.78, 5) is 10.5. The van der Waals surface area contributed by atoms with Gasteiger partial charge >= 0.3 is 5.97 Å². The molecule has 7 nitrogen and oxygen atoms in total. The van der Waals surface area contributed by atoms with Gasteiger partial charge in [-0.25, -0.2) is 13.1 Å². The number of sulfonamides is 1. The smallest absolute Gasteiger partial charge is 0.325 e. The molecule has 9 heteroatoms. The lowest BCUT2D eigenvalue weighted by Gasteiger charge is -2.12. The zero-order valence-electron chi connectivity index (χ0n) is 10.7. The molecule has 1 aromatic heterocycles. The molecule has 108 valence electrons. The molecule has 0 amide bonds. The Labute approximate surface area is 116 Å². The van der Waals surface area contributed by atoms with Crippen molar-refractivity contribution in [2.24, 2.45) is 0 Å². The molecule has 0 spiro atoms. The van der Waals surface area contributed by atoms with Crippen molar-refractivity contribution in [2.45, 2.75) is 30.8 Å². The zero-order valence-corrected chi connectivity index (χ0v) is 12.4. The molecule has 1 aromatic rings. The number of nitrogens with one attached hydrogen (secondary N) is 1. The minimum atomic E-state index is -3.64. The number of nitrogens with zero attached hydrogens (tertiary/aromatic N) is 2. The molecule has 0 aliphatic rings. The van der Waals surface area contributed by atoms with E-state index in [1.807, 2.05) is 6.26 Å². The summed E-state index contributed by atoms with van der Waals surface area (Å²) < 4.78 is 27.6. The largest absolute Gasteiger partial charge is 0.480 e. The van der Waals surface area contributed by atoms with Crippen molar-refractivity contribution in [2.75, 3.05) is 12.0 Å². The van der Waals surface area contributed by atoms with E-state index in [4.69, 9.17) is 5.11 Å². The monoisotopic (exact) mass is 307 g/mol. The normalized spacial score (nSPS) is 13.4. The number of thioether (sulfide) groups is 1. The van der Waals surface area contributed by atoms with Gasteiger partial charge < -0.3 is 5.11 Å². The van der Waals surface area contributed by atoms with Crippen LogP contribution in [-0.4, -0.2) is 47.3 Å². The average Bonchev–Trinajstić information content (AvgIpc) is 2.74. The molecule has 0 aromatic carbocycles. The van der Waals surface area contributed by atoms with E-state index in [-0.39, 0.29) is 17.5 Å². The molecule has 0 saturated heterocycles. The fourth-order valence-corrected chi connectivity index (χ4v) is 3.21.